The Kier molecular flexibility index (Phi) is 4.87. The molecule has 0 radical (unpaired) electrons. The van der Waals surface area contributed by atoms with E-state index in [1.165, 1.54) is 19.0 Å². The van der Waals surface area contributed by atoms with Crippen molar-refractivity contribution in [3.05, 3.63) is 17.5 Å². The van der Waals surface area contributed by atoms with Crippen LogP contribution in [0.25, 0.3) is 0 Å². The molecule has 1 rings (SSSR count). The van der Waals surface area contributed by atoms with Crippen LogP contribution in [0.3, 0.4) is 0 Å². The van der Waals surface area contributed by atoms with Crippen molar-refractivity contribution in [2.45, 2.75) is 33.1 Å². The Hall–Kier alpha value is -1.65. The Labute approximate surface area is 102 Å². The number of hydrogen-bond donors (Lipinski definition) is 1. The molecule has 1 aromatic heterocycles. The maximum absolute atomic E-state index is 10.8. The summed E-state index contributed by atoms with van der Waals surface area (Å²) in [7, 11) is 1.92. The molecule has 0 unspecified atom stereocenters. The molecular formula is C12H19N3O2. The van der Waals surface area contributed by atoms with Gasteiger partial charge in [-0.05, 0) is 13.3 Å². The monoisotopic (exact) mass is 237 g/mol. The summed E-state index contributed by atoms with van der Waals surface area (Å²) in [6.45, 7) is 4.73. The Morgan fingerprint density at radius 2 is 2.18 bits per heavy atom. The van der Waals surface area contributed by atoms with E-state index in [-0.39, 0.29) is 5.56 Å². The predicted molar refractivity (Wildman–Crippen MR) is 66.5 cm³/mol. The first kappa shape index (κ1) is 13.4. The van der Waals surface area contributed by atoms with Gasteiger partial charge < -0.3 is 10.0 Å². The number of anilines is 1. The first-order chi connectivity index (χ1) is 8.06. The minimum atomic E-state index is -0.984. The van der Waals surface area contributed by atoms with E-state index in [0.717, 1.165) is 13.0 Å². The summed E-state index contributed by atoms with van der Waals surface area (Å²) in [4.78, 5) is 21.1. The molecule has 1 heterocycles. The third-order valence-electron chi connectivity index (χ3n) is 2.64. The second kappa shape index (κ2) is 6.18. The number of aromatic nitrogens is 2. The second-order valence-electron chi connectivity index (χ2n) is 4.10. The average molecular weight is 237 g/mol. The molecule has 0 aromatic carbocycles. The highest BCUT2D eigenvalue weighted by Gasteiger charge is 2.11. The van der Waals surface area contributed by atoms with E-state index in [4.69, 9.17) is 5.11 Å². The lowest BCUT2D eigenvalue weighted by Crippen LogP contribution is -2.22. The maximum atomic E-state index is 10.8. The summed E-state index contributed by atoms with van der Waals surface area (Å²) in [5.74, 6) is -0.397. The van der Waals surface area contributed by atoms with Gasteiger partial charge in [-0.3, -0.25) is 0 Å². The summed E-state index contributed by atoms with van der Waals surface area (Å²) in [6.07, 6.45) is 4.81. The molecule has 0 aliphatic heterocycles. The molecule has 1 N–H and O–H groups in total. The van der Waals surface area contributed by atoms with E-state index < -0.39 is 5.97 Å². The van der Waals surface area contributed by atoms with Gasteiger partial charge in [-0.25, -0.2) is 14.8 Å². The Morgan fingerprint density at radius 3 is 2.71 bits per heavy atom. The number of aromatic carboxylic acids is 1. The number of hydrogen-bond acceptors (Lipinski definition) is 4. The lowest BCUT2D eigenvalue weighted by Gasteiger charge is -2.17. The number of unbranched alkanes of at least 4 members (excludes halogenated alkanes) is 2. The van der Waals surface area contributed by atoms with Crippen LogP contribution in [-0.2, 0) is 0 Å². The van der Waals surface area contributed by atoms with Crippen molar-refractivity contribution < 1.29 is 9.90 Å². The summed E-state index contributed by atoms with van der Waals surface area (Å²) in [5, 5.41) is 8.87. The Balaban J connectivity index is 2.72. The van der Waals surface area contributed by atoms with Gasteiger partial charge in [0.25, 0.3) is 0 Å². The summed E-state index contributed by atoms with van der Waals surface area (Å²) in [6, 6.07) is 0. The van der Waals surface area contributed by atoms with Crippen molar-refractivity contribution in [1.29, 1.82) is 0 Å². The molecule has 5 heteroatoms. The van der Waals surface area contributed by atoms with Crippen LogP contribution in [-0.4, -0.2) is 34.6 Å². The minimum absolute atomic E-state index is 0.163. The fraction of sp³-hybridized carbons (Fsp3) is 0.583. The number of carboxylic acid groups (broad SMARTS) is 1. The number of rotatable bonds is 6. The van der Waals surface area contributed by atoms with Crippen LogP contribution in [0.4, 0.5) is 5.95 Å². The average Bonchev–Trinajstić information content (AvgIpc) is 2.28. The van der Waals surface area contributed by atoms with Crippen LogP contribution in [0, 0.1) is 6.92 Å². The molecule has 0 fully saturated rings. The van der Waals surface area contributed by atoms with Crippen LogP contribution in [0.2, 0.25) is 0 Å². The third-order valence-corrected chi connectivity index (χ3v) is 2.64. The van der Waals surface area contributed by atoms with Crippen molar-refractivity contribution >= 4 is 11.9 Å². The van der Waals surface area contributed by atoms with E-state index >= 15 is 0 Å². The zero-order valence-corrected chi connectivity index (χ0v) is 10.6. The molecule has 17 heavy (non-hydrogen) atoms. The zero-order chi connectivity index (χ0) is 12.8. The van der Waals surface area contributed by atoms with Gasteiger partial charge in [0.15, 0.2) is 0 Å². The molecule has 0 saturated heterocycles. The van der Waals surface area contributed by atoms with E-state index in [0.29, 0.717) is 11.6 Å². The minimum Gasteiger partial charge on any atom is -0.478 e. The molecule has 0 saturated carbocycles. The lowest BCUT2D eigenvalue weighted by atomic mass is 10.2. The molecule has 0 aliphatic rings. The predicted octanol–water partition coefficient (Wildman–Crippen LogP) is 2.11. The summed E-state index contributed by atoms with van der Waals surface area (Å²) < 4.78 is 0. The fourth-order valence-corrected chi connectivity index (χ4v) is 1.55. The molecule has 94 valence electrons. The number of carboxylic acids is 1. The van der Waals surface area contributed by atoms with Gasteiger partial charge in [0.2, 0.25) is 5.95 Å². The summed E-state index contributed by atoms with van der Waals surface area (Å²) >= 11 is 0. The quantitative estimate of drug-likeness (QED) is 0.767. The van der Waals surface area contributed by atoms with Crippen LogP contribution in [0.5, 0.6) is 0 Å². The van der Waals surface area contributed by atoms with Crippen molar-refractivity contribution in [2.24, 2.45) is 0 Å². The summed E-state index contributed by atoms with van der Waals surface area (Å²) in [5.41, 5.74) is 0.667. The Bertz CT molecular complexity index is 393. The van der Waals surface area contributed by atoms with Crippen LogP contribution >= 0.6 is 0 Å². The van der Waals surface area contributed by atoms with Gasteiger partial charge in [0, 0.05) is 19.8 Å². The maximum Gasteiger partial charge on any atom is 0.339 e. The highest BCUT2D eigenvalue weighted by Crippen LogP contribution is 2.10. The fourth-order valence-electron chi connectivity index (χ4n) is 1.55. The first-order valence-electron chi connectivity index (χ1n) is 5.84. The number of aryl methyl sites for hydroxylation is 1. The van der Waals surface area contributed by atoms with E-state index in [9.17, 15) is 4.79 Å². The van der Waals surface area contributed by atoms with Crippen molar-refractivity contribution in [3.8, 4) is 0 Å². The van der Waals surface area contributed by atoms with Gasteiger partial charge in [-0.2, -0.15) is 0 Å². The van der Waals surface area contributed by atoms with Crippen LogP contribution in [0.15, 0.2) is 6.20 Å². The van der Waals surface area contributed by atoms with Gasteiger partial charge in [0.1, 0.15) is 0 Å². The third kappa shape index (κ3) is 3.69. The van der Waals surface area contributed by atoms with Gasteiger partial charge in [-0.15, -0.1) is 0 Å². The van der Waals surface area contributed by atoms with Crippen molar-refractivity contribution in [1.82, 2.24) is 9.97 Å². The van der Waals surface area contributed by atoms with Gasteiger partial charge in [-0.1, -0.05) is 19.8 Å². The highest BCUT2D eigenvalue weighted by molar-refractivity contribution is 5.88. The van der Waals surface area contributed by atoms with E-state index in [2.05, 4.69) is 16.9 Å². The topological polar surface area (TPSA) is 66.3 Å². The van der Waals surface area contributed by atoms with E-state index in [1.54, 1.807) is 6.92 Å². The van der Waals surface area contributed by atoms with Crippen molar-refractivity contribution in [3.63, 3.8) is 0 Å². The smallest absolute Gasteiger partial charge is 0.339 e. The number of nitrogens with zero attached hydrogens (tertiary/aromatic N) is 3. The molecule has 5 nitrogen and oxygen atoms in total. The Morgan fingerprint density at radius 1 is 1.47 bits per heavy atom. The second-order valence-corrected chi connectivity index (χ2v) is 4.10. The highest BCUT2D eigenvalue weighted by atomic mass is 16.4. The van der Waals surface area contributed by atoms with Crippen LogP contribution in [0.1, 0.15) is 42.2 Å². The normalized spacial score (nSPS) is 10.3. The molecule has 0 amide bonds. The first-order valence-corrected chi connectivity index (χ1v) is 5.84. The van der Waals surface area contributed by atoms with Gasteiger partial charge >= 0.3 is 5.97 Å². The van der Waals surface area contributed by atoms with Crippen molar-refractivity contribution in [2.75, 3.05) is 18.5 Å². The number of carbonyl (C=O) groups is 1. The SMILES string of the molecule is CCCCCN(C)c1ncc(C(=O)O)c(C)n1. The van der Waals surface area contributed by atoms with E-state index in [1.807, 2.05) is 11.9 Å². The van der Waals surface area contributed by atoms with Crippen LogP contribution < -0.4 is 4.90 Å². The van der Waals surface area contributed by atoms with Gasteiger partial charge in [0.05, 0.1) is 11.3 Å². The lowest BCUT2D eigenvalue weighted by molar-refractivity contribution is 0.0695. The molecule has 0 atom stereocenters. The molecule has 0 spiro atoms. The zero-order valence-electron chi connectivity index (χ0n) is 10.6. The molecular weight excluding hydrogens is 218 g/mol. The molecule has 0 aliphatic carbocycles. The molecule has 1 aromatic rings. The largest absolute Gasteiger partial charge is 0.478 e. The standard InChI is InChI=1S/C12H19N3O2/c1-4-5-6-7-15(3)12-13-8-10(11(16)17)9(2)14-12/h8H,4-7H2,1-3H3,(H,16,17). The molecule has 0 bridgehead atoms.